The molecule has 8 heteroatoms. The third kappa shape index (κ3) is 4.54. The predicted molar refractivity (Wildman–Crippen MR) is 125 cm³/mol. The van der Waals surface area contributed by atoms with Crippen LogP contribution in [-0.4, -0.2) is 46.3 Å². The fourth-order valence-corrected chi connectivity index (χ4v) is 5.46. The Labute approximate surface area is 194 Å². The molecule has 0 fully saturated rings. The maximum Gasteiger partial charge on any atom is 0.246 e. The molecule has 0 bridgehead atoms. The molecule has 0 saturated carbocycles. The third-order valence-corrected chi connectivity index (χ3v) is 7.90. The number of allylic oxidation sites excluding steroid dienone is 4. The quantitative estimate of drug-likeness (QED) is 0.589. The molecule has 2 aliphatic rings. The Hall–Kier alpha value is -3.10. The molecule has 2 aromatic rings. The number of carbonyl (C=O) groups is 1. The summed E-state index contributed by atoms with van der Waals surface area (Å²) in [5.74, 6) is 1.44. The number of fused-ring (bicyclic) bond motifs is 2. The fraction of sp³-hybridized carbons (Fsp3) is 0.320. The van der Waals surface area contributed by atoms with Crippen LogP contribution in [0.3, 0.4) is 0 Å². The fourth-order valence-electron chi connectivity index (χ4n) is 4.12. The summed E-state index contributed by atoms with van der Waals surface area (Å²) in [4.78, 5) is 12.9. The lowest BCUT2D eigenvalue weighted by molar-refractivity contribution is -0.118. The van der Waals surface area contributed by atoms with Crippen LogP contribution >= 0.6 is 0 Å². The van der Waals surface area contributed by atoms with Crippen LogP contribution in [0.25, 0.3) is 0 Å². The van der Waals surface area contributed by atoms with Crippen molar-refractivity contribution in [3.8, 4) is 17.2 Å². The Bertz CT molecular complexity index is 1230. The molecule has 0 radical (unpaired) electrons. The van der Waals surface area contributed by atoms with E-state index >= 15 is 0 Å². The Morgan fingerprint density at radius 2 is 1.82 bits per heavy atom. The number of rotatable bonds is 8. The normalized spacial score (nSPS) is 17.5. The van der Waals surface area contributed by atoms with E-state index in [9.17, 15) is 13.2 Å². The maximum atomic E-state index is 13.2. The van der Waals surface area contributed by atoms with Crippen molar-refractivity contribution >= 4 is 15.8 Å². The number of hydrogen-bond acceptors (Lipinski definition) is 6. The second-order valence-corrected chi connectivity index (χ2v) is 10.1. The number of Topliss-reactive ketones (excluding diaryl/α,β-unsaturated/α-hetero) is 1. The number of ether oxygens (including phenoxy) is 3. The zero-order valence-electron chi connectivity index (χ0n) is 18.9. The van der Waals surface area contributed by atoms with Gasteiger partial charge in [0.15, 0.2) is 17.3 Å². The second kappa shape index (κ2) is 9.41. The zero-order chi connectivity index (χ0) is 23.6. The van der Waals surface area contributed by atoms with Gasteiger partial charge in [0.1, 0.15) is 16.4 Å². The number of carbonyl (C=O) groups excluding carboxylic acids is 1. The lowest BCUT2D eigenvalue weighted by Crippen LogP contribution is -2.37. The van der Waals surface area contributed by atoms with Gasteiger partial charge in [-0.25, -0.2) is 12.7 Å². The zero-order valence-corrected chi connectivity index (χ0v) is 19.7. The second-order valence-electron chi connectivity index (χ2n) is 8.05. The van der Waals surface area contributed by atoms with Gasteiger partial charge < -0.3 is 14.2 Å². The van der Waals surface area contributed by atoms with E-state index in [0.29, 0.717) is 42.3 Å². The van der Waals surface area contributed by atoms with Crippen molar-refractivity contribution in [2.24, 2.45) is 5.92 Å². The van der Waals surface area contributed by atoms with Crippen LogP contribution in [0.1, 0.15) is 17.5 Å². The van der Waals surface area contributed by atoms with Gasteiger partial charge in [0, 0.05) is 13.6 Å². The molecule has 1 unspecified atom stereocenters. The first kappa shape index (κ1) is 23.1. The first-order chi connectivity index (χ1) is 15.8. The summed E-state index contributed by atoms with van der Waals surface area (Å²) >= 11 is 0. The third-order valence-electron chi connectivity index (χ3n) is 6.00. The Kier molecular flexibility index (Phi) is 6.58. The lowest BCUT2D eigenvalue weighted by atomic mass is 9.88. The van der Waals surface area contributed by atoms with Crippen molar-refractivity contribution in [1.82, 2.24) is 4.31 Å². The van der Waals surface area contributed by atoms with Gasteiger partial charge in [0.2, 0.25) is 10.0 Å². The van der Waals surface area contributed by atoms with Crippen LogP contribution in [0.15, 0.2) is 65.3 Å². The van der Waals surface area contributed by atoms with Gasteiger partial charge in [-0.1, -0.05) is 24.3 Å². The Morgan fingerprint density at radius 3 is 2.58 bits per heavy atom. The molecule has 33 heavy (non-hydrogen) atoms. The van der Waals surface area contributed by atoms with E-state index in [1.54, 1.807) is 20.3 Å². The van der Waals surface area contributed by atoms with Gasteiger partial charge in [0.25, 0.3) is 0 Å². The largest absolute Gasteiger partial charge is 0.493 e. The molecule has 1 aliphatic heterocycles. The summed E-state index contributed by atoms with van der Waals surface area (Å²) in [7, 11) is 0.741. The highest BCUT2D eigenvalue weighted by Gasteiger charge is 2.40. The molecule has 4 rings (SSSR count). The molecule has 174 valence electrons. The van der Waals surface area contributed by atoms with Crippen molar-refractivity contribution in [3.63, 3.8) is 0 Å². The van der Waals surface area contributed by atoms with Crippen molar-refractivity contribution < 1.29 is 27.4 Å². The highest BCUT2D eigenvalue weighted by atomic mass is 32.2. The lowest BCUT2D eigenvalue weighted by Gasteiger charge is -2.30. The van der Waals surface area contributed by atoms with Crippen LogP contribution in [0, 0.1) is 5.92 Å². The number of hydrogen-bond donors (Lipinski definition) is 0. The monoisotopic (exact) mass is 469 g/mol. The summed E-state index contributed by atoms with van der Waals surface area (Å²) < 4.78 is 44.0. The molecule has 0 aromatic heterocycles. The SMILES string of the molecule is COc1ccc(CCCN(C)S(=O)(=O)C2=CC=C3Oc4ccccc4CC3C2=O)cc1OC. The van der Waals surface area contributed by atoms with Crippen molar-refractivity contribution in [3.05, 3.63) is 76.4 Å². The number of methoxy groups -OCH3 is 2. The number of nitrogens with zero attached hydrogens (tertiary/aromatic N) is 1. The number of sulfonamides is 1. The highest BCUT2D eigenvalue weighted by Crippen LogP contribution is 2.37. The molecule has 0 N–H and O–H groups in total. The first-order valence-corrected chi connectivity index (χ1v) is 12.2. The van der Waals surface area contributed by atoms with Gasteiger partial charge in [-0.15, -0.1) is 0 Å². The maximum absolute atomic E-state index is 13.2. The summed E-state index contributed by atoms with van der Waals surface area (Å²) in [6.07, 6.45) is 4.64. The molecule has 0 amide bonds. The minimum absolute atomic E-state index is 0.187. The number of benzene rings is 2. The Balaban J connectivity index is 1.43. The topological polar surface area (TPSA) is 82.1 Å². The summed E-state index contributed by atoms with van der Waals surface area (Å²) in [5, 5.41) is 0. The van der Waals surface area contributed by atoms with Crippen molar-refractivity contribution in [1.29, 1.82) is 0 Å². The summed E-state index contributed by atoms with van der Waals surface area (Å²) in [6, 6.07) is 13.1. The molecule has 1 atom stereocenters. The first-order valence-electron chi connectivity index (χ1n) is 10.7. The van der Waals surface area contributed by atoms with Crippen molar-refractivity contribution in [2.75, 3.05) is 27.8 Å². The summed E-state index contributed by atoms with van der Waals surface area (Å²) in [5.41, 5.74) is 1.91. The number of ketones is 1. The predicted octanol–water partition coefficient (Wildman–Crippen LogP) is 3.50. The molecule has 7 nitrogen and oxygen atoms in total. The molecule has 2 aromatic carbocycles. The van der Waals surface area contributed by atoms with E-state index in [-0.39, 0.29) is 11.4 Å². The molecular weight excluding hydrogens is 442 g/mol. The molecule has 1 aliphatic carbocycles. The minimum atomic E-state index is -3.92. The highest BCUT2D eigenvalue weighted by molar-refractivity contribution is 7.94. The van der Waals surface area contributed by atoms with Gasteiger partial charge in [-0.05, 0) is 60.7 Å². The van der Waals surface area contributed by atoms with Crippen LogP contribution in [0.5, 0.6) is 17.2 Å². The molecular formula is C25H27NO6S. The van der Waals surface area contributed by atoms with Gasteiger partial charge >= 0.3 is 0 Å². The number of aryl methyl sites for hydroxylation is 1. The van der Waals surface area contributed by atoms with Gasteiger partial charge in [-0.3, -0.25) is 4.79 Å². The van der Waals surface area contributed by atoms with Gasteiger partial charge in [-0.2, -0.15) is 0 Å². The van der Waals surface area contributed by atoms with E-state index in [2.05, 4.69) is 0 Å². The van der Waals surface area contributed by atoms with Crippen molar-refractivity contribution in [2.45, 2.75) is 19.3 Å². The smallest absolute Gasteiger partial charge is 0.246 e. The summed E-state index contributed by atoms with van der Waals surface area (Å²) in [6.45, 7) is 0.280. The minimum Gasteiger partial charge on any atom is -0.493 e. The van der Waals surface area contributed by atoms with E-state index in [1.165, 1.54) is 17.4 Å². The molecule has 0 saturated heterocycles. The van der Waals surface area contributed by atoms with Gasteiger partial charge in [0.05, 0.1) is 20.1 Å². The van der Waals surface area contributed by atoms with E-state index in [1.807, 2.05) is 42.5 Å². The van der Waals surface area contributed by atoms with E-state index in [4.69, 9.17) is 14.2 Å². The number of para-hydroxylation sites is 1. The van der Waals surface area contributed by atoms with Crippen LogP contribution < -0.4 is 14.2 Å². The molecule has 1 heterocycles. The standard InChI is InChI=1S/C25H27NO6S/c1-26(14-6-7-17-10-11-22(30-2)23(15-17)31-3)33(28,29)24-13-12-21-19(25(24)27)16-18-8-4-5-9-20(18)32-21/h4-5,8-13,15,19H,6-7,14,16H2,1-3H3. The van der Waals surface area contributed by atoms with Crippen LogP contribution in [-0.2, 0) is 27.7 Å². The van der Waals surface area contributed by atoms with E-state index < -0.39 is 21.7 Å². The van der Waals surface area contributed by atoms with Crippen LogP contribution in [0.2, 0.25) is 0 Å². The van der Waals surface area contributed by atoms with Crippen LogP contribution in [0.4, 0.5) is 0 Å². The Morgan fingerprint density at radius 1 is 1.06 bits per heavy atom. The molecule has 0 spiro atoms. The van der Waals surface area contributed by atoms with E-state index in [0.717, 1.165) is 11.1 Å². The average Bonchev–Trinajstić information content (AvgIpc) is 2.82. The average molecular weight is 470 g/mol.